The summed E-state index contributed by atoms with van der Waals surface area (Å²) >= 11 is 0. The van der Waals surface area contributed by atoms with E-state index in [1.165, 1.54) is 4.90 Å². The Bertz CT molecular complexity index is 1390. The average Bonchev–Trinajstić information content (AvgIpc) is 3.60. The molecule has 1 aliphatic rings. The van der Waals surface area contributed by atoms with Gasteiger partial charge in [0, 0.05) is 13.0 Å². The second-order valence-electron chi connectivity index (χ2n) is 15.2. The van der Waals surface area contributed by atoms with Crippen molar-refractivity contribution >= 4 is 53.2 Å². The zero-order valence-electron chi connectivity index (χ0n) is 33.4. The Kier molecular flexibility index (Phi) is 20.3. The molecule has 312 valence electrons. The van der Waals surface area contributed by atoms with Crippen LogP contribution >= 0.6 is 0 Å². The molecule has 0 spiro atoms. The van der Waals surface area contributed by atoms with Crippen LogP contribution in [0.3, 0.4) is 0 Å². The monoisotopic (exact) mass is 781 g/mol. The lowest BCUT2D eigenvalue weighted by Crippen LogP contribution is -2.61. The molecule has 1 saturated heterocycles. The fourth-order valence-corrected chi connectivity index (χ4v) is 6.05. The summed E-state index contributed by atoms with van der Waals surface area (Å²) in [5, 5.41) is 24.5. The number of hydrogen-bond donors (Lipinski definition) is 9. The van der Waals surface area contributed by atoms with E-state index >= 15 is 0 Å². The first-order valence-corrected chi connectivity index (χ1v) is 18.9. The molecule has 19 heteroatoms. The van der Waals surface area contributed by atoms with Crippen LogP contribution in [0, 0.1) is 23.7 Å². The Hall–Kier alpha value is -4.81. The van der Waals surface area contributed by atoms with Gasteiger partial charge in [0.25, 0.3) is 0 Å². The Morgan fingerprint density at radius 3 is 1.75 bits per heavy atom. The topological polar surface area (TPSA) is 301 Å². The maximum Gasteiger partial charge on any atom is 0.322 e. The average molecular weight is 782 g/mol. The van der Waals surface area contributed by atoms with Crippen molar-refractivity contribution in [1.82, 2.24) is 36.8 Å². The van der Waals surface area contributed by atoms with Gasteiger partial charge in [0.2, 0.25) is 47.3 Å². The summed E-state index contributed by atoms with van der Waals surface area (Å²) in [6, 6.07) is -6.74. The quantitative estimate of drug-likeness (QED) is 0.0559. The number of likely N-dealkylation sites (tertiary alicyclic amines) is 1. The van der Waals surface area contributed by atoms with Crippen molar-refractivity contribution < 1.29 is 48.3 Å². The van der Waals surface area contributed by atoms with E-state index in [9.17, 15) is 43.2 Å². The minimum absolute atomic E-state index is 0.104. The third kappa shape index (κ3) is 15.8. The third-order valence-corrected chi connectivity index (χ3v) is 9.38. The van der Waals surface area contributed by atoms with E-state index in [4.69, 9.17) is 16.6 Å². The molecular weight excluding hydrogens is 718 g/mol. The predicted molar refractivity (Wildman–Crippen MR) is 201 cm³/mol. The molecule has 0 bridgehead atoms. The first kappa shape index (κ1) is 48.2. The summed E-state index contributed by atoms with van der Waals surface area (Å²) in [5.41, 5.74) is 10.8. The largest absolute Gasteiger partial charge is 0.480 e. The second kappa shape index (κ2) is 23.2. The summed E-state index contributed by atoms with van der Waals surface area (Å²) in [6.45, 7) is 13.2. The Morgan fingerprint density at radius 1 is 0.745 bits per heavy atom. The maximum atomic E-state index is 13.8. The zero-order chi connectivity index (χ0) is 42.2. The van der Waals surface area contributed by atoms with Crippen LogP contribution in [0.25, 0.3) is 0 Å². The number of carboxylic acid groups (broad SMARTS) is 1. The number of carbonyl (C=O) groups excluding carboxylic acids is 8. The highest BCUT2D eigenvalue weighted by molar-refractivity contribution is 5.97. The lowest BCUT2D eigenvalue weighted by Gasteiger charge is -2.31. The minimum atomic E-state index is -1.32. The van der Waals surface area contributed by atoms with Crippen LogP contribution in [0.1, 0.15) is 93.9 Å². The van der Waals surface area contributed by atoms with Gasteiger partial charge in [-0.05, 0) is 49.4 Å². The van der Waals surface area contributed by atoms with Crippen LogP contribution in [0.15, 0.2) is 0 Å². The van der Waals surface area contributed by atoms with Crippen LogP contribution in [0.5, 0.6) is 0 Å². The van der Waals surface area contributed by atoms with Crippen molar-refractivity contribution in [1.29, 1.82) is 0 Å². The summed E-state index contributed by atoms with van der Waals surface area (Å²) < 4.78 is 0. The van der Waals surface area contributed by atoms with Crippen LogP contribution in [0.4, 0.5) is 0 Å². The molecule has 0 aromatic heterocycles. The lowest BCUT2D eigenvalue weighted by atomic mass is 9.95. The van der Waals surface area contributed by atoms with Gasteiger partial charge in [-0.1, -0.05) is 61.8 Å². The van der Waals surface area contributed by atoms with Crippen LogP contribution < -0.4 is 43.4 Å². The summed E-state index contributed by atoms with van der Waals surface area (Å²) in [7, 11) is 0. The number of carboxylic acids is 1. The van der Waals surface area contributed by atoms with Gasteiger partial charge in [0.1, 0.15) is 42.8 Å². The molecule has 19 nitrogen and oxygen atoms in total. The number of amides is 8. The Morgan fingerprint density at radius 2 is 1.27 bits per heavy atom. The Labute approximate surface area is 322 Å². The summed E-state index contributed by atoms with van der Waals surface area (Å²) in [4.78, 5) is 117. The Balaban J connectivity index is 3.27. The maximum absolute atomic E-state index is 13.8. The van der Waals surface area contributed by atoms with Crippen molar-refractivity contribution in [3.63, 3.8) is 0 Å². The fourth-order valence-electron chi connectivity index (χ4n) is 6.05. The van der Waals surface area contributed by atoms with Crippen LogP contribution in [0.2, 0.25) is 0 Å². The van der Waals surface area contributed by atoms with Crippen LogP contribution in [-0.2, 0) is 43.2 Å². The van der Waals surface area contributed by atoms with Gasteiger partial charge in [-0.15, -0.1) is 0 Å². The third-order valence-electron chi connectivity index (χ3n) is 9.38. The molecule has 1 fully saturated rings. The number of nitrogens with zero attached hydrogens (tertiary/aromatic N) is 1. The lowest BCUT2D eigenvalue weighted by molar-refractivity contribution is -0.143. The van der Waals surface area contributed by atoms with Gasteiger partial charge in [-0.2, -0.15) is 0 Å². The number of nitrogens with two attached hydrogens (primary N) is 2. The fraction of sp³-hybridized carbons (Fsp3) is 0.750. The smallest absolute Gasteiger partial charge is 0.322 e. The van der Waals surface area contributed by atoms with Crippen molar-refractivity contribution in [2.75, 3.05) is 19.6 Å². The van der Waals surface area contributed by atoms with Gasteiger partial charge >= 0.3 is 5.97 Å². The van der Waals surface area contributed by atoms with Gasteiger partial charge < -0.3 is 53.4 Å². The van der Waals surface area contributed by atoms with E-state index in [2.05, 4.69) is 31.9 Å². The molecular formula is C36H63N9O10. The van der Waals surface area contributed by atoms with E-state index in [1.807, 2.05) is 20.8 Å². The normalized spacial score (nSPS) is 17.3. The summed E-state index contributed by atoms with van der Waals surface area (Å²) in [5.74, 6) is -7.96. The first-order chi connectivity index (χ1) is 25.6. The molecule has 1 aliphatic heterocycles. The predicted octanol–water partition coefficient (Wildman–Crippen LogP) is -1.77. The van der Waals surface area contributed by atoms with Crippen molar-refractivity contribution in [2.45, 2.75) is 130 Å². The van der Waals surface area contributed by atoms with Crippen molar-refractivity contribution in [2.24, 2.45) is 35.1 Å². The molecule has 11 N–H and O–H groups in total. The molecule has 0 unspecified atom stereocenters. The van der Waals surface area contributed by atoms with E-state index < -0.39 is 108 Å². The number of primary amides is 1. The molecule has 0 aromatic rings. The molecule has 8 amide bonds. The second-order valence-corrected chi connectivity index (χ2v) is 15.2. The molecule has 1 heterocycles. The minimum Gasteiger partial charge on any atom is -0.480 e. The van der Waals surface area contributed by atoms with E-state index in [1.54, 1.807) is 34.6 Å². The standard InChI is InChI=1S/C36H63N9O10/c1-9-21(8)30(42-26(47)16-37)35(54)44-29(20(6)7)34(53)41-23(15-18(2)3)31(50)43-28(19(4)5)33(52)40-22(12-13-25(38)46)36(55)45-14-10-11-24(45)32(51)39-17-27(48)49/h18-24,28-30H,9-17,37H2,1-8H3,(H2,38,46)(H,39,51)(H,40,52)(H,41,53)(H,42,47)(H,43,50)(H,44,54)(H,48,49)/t21-,22-,23-,24-,28-,29-,30-/m0/s1. The molecule has 55 heavy (non-hydrogen) atoms. The number of aliphatic carboxylic acids is 1. The number of rotatable bonds is 23. The molecule has 7 atom stereocenters. The highest BCUT2D eigenvalue weighted by atomic mass is 16.4. The highest BCUT2D eigenvalue weighted by Crippen LogP contribution is 2.20. The molecule has 0 aliphatic carbocycles. The zero-order valence-corrected chi connectivity index (χ0v) is 33.4. The molecule has 1 rings (SSSR count). The SMILES string of the molecule is CC[C@H](C)[C@H](NC(=O)CN)C(=O)N[C@H](C(=O)N[C@@H](CC(C)C)C(=O)N[C@H](C(=O)N[C@@H](CCC(N)=O)C(=O)N1CCC[C@H]1C(=O)NCC(=O)O)C(C)C)C(C)C. The van der Waals surface area contributed by atoms with Gasteiger partial charge in [0.05, 0.1) is 6.54 Å². The number of hydrogen-bond acceptors (Lipinski definition) is 10. The first-order valence-electron chi connectivity index (χ1n) is 18.9. The number of nitrogens with one attached hydrogen (secondary N) is 6. The van der Waals surface area contributed by atoms with E-state index in [-0.39, 0.29) is 50.6 Å². The van der Waals surface area contributed by atoms with Crippen molar-refractivity contribution in [3.05, 3.63) is 0 Å². The van der Waals surface area contributed by atoms with Gasteiger partial charge in [-0.3, -0.25) is 43.2 Å². The summed E-state index contributed by atoms with van der Waals surface area (Å²) in [6.07, 6.45) is 0.906. The van der Waals surface area contributed by atoms with E-state index in [0.717, 1.165) is 0 Å². The van der Waals surface area contributed by atoms with Gasteiger partial charge in [-0.25, -0.2) is 0 Å². The van der Waals surface area contributed by atoms with Gasteiger partial charge in [0.15, 0.2) is 0 Å². The van der Waals surface area contributed by atoms with E-state index in [0.29, 0.717) is 12.8 Å². The van der Waals surface area contributed by atoms with Crippen LogP contribution in [-0.4, -0.2) is 119 Å². The molecule has 0 saturated carbocycles. The molecule has 0 aromatic carbocycles. The molecule has 0 radical (unpaired) electrons. The van der Waals surface area contributed by atoms with Crippen molar-refractivity contribution in [3.8, 4) is 0 Å². The number of carbonyl (C=O) groups is 9. The highest BCUT2D eigenvalue weighted by Gasteiger charge is 2.40.